The van der Waals surface area contributed by atoms with Gasteiger partial charge in [0.05, 0.1) is 0 Å². The topological polar surface area (TPSA) is 0 Å². The second-order valence-corrected chi connectivity index (χ2v) is 7.92. The van der Waals surface area contributed by atoms with Crippen molar-refractivity contribution >= 4 is 32.3 Å². The maximum atomic E-state index is 2.33. The summed E-state index contributed by atoms with van der Waals surface area (Å²) in [5.41, 5.74) is 6.40. The van der Waals surface area contributed by atoms with Crippen molar-refractivity contribution in [2.75, 3.05) is 0 Å². The Bertz CT molecular complexity index is 1470. The Morgan fingerprint density at radius 2 is 1.10 bits per heavy atom. The van der Waals surface area contributed by atoms with Crippen LogP contribution in [0, 0.1) is 6.92 Å². The zero-order valence-corrected chi connectivity index (χ0v) is 16.3. The Morgan fingerprint density at radius 1 is 0.448 bits per heavy atom. The quantitative estimate of drug-likeness (QED) is 0.270. The lowest BCUT2D eigenvalue weighted by Crippen LogP contribution is -1.89. The van der Waals surface area contributed by atoms with Crippen LogP contribution in [0.25, 0.3) is 54.6 Å². The third-order valence-electron chi connectivity index (χ3n) is 6.02. The first-order chi connectivity index (χ1) is 14.3. The van der Waals surface area contributed by atoms with Gasteiger partial charge in [-0.3, -0.25) is 0 Å². The third-order valence-corrected chi connectivity index (χ3v) is 6.02. The van der Waals surface area contributed by atoms with Crippen LogP contribution in [-0.4, -0.2) is 0 Å². The lowest BCUT2D eigenvalue weighted by molar-refractivity contribution is 1.46. The Balaban J connectivity index is 1.67. The molecule has 0 unspecified atom stereocenters. The van der Waals surface area contributed by atoms with Gasteiger partial charge in [-0.25, -0.2) is 0 Å². The molecule has 0 radical (unpaired) electrons. The van der Waals surface area contributed by atoms with Gasteiger partial charge in [0, 0.05) is 0 Å². The van der Waals surface area contributed by atoms with Crippen LogP contribution in [0.3, 0.4) is 0 Å². The molecule has 136 valence electrons. The van der Waals surface area contributed by atoms with Gasteiger partial charge in [-0.2, -0.15) is 0 Å². The molecule has 0 aliphatic carbocycles. The van der Waals surface area contributed by atoms with Gasteiger partial charge in [-0.05, 0) is 73.1 Å². The van der Waals surface area contributed by atoms with Crippen LogP contribution in [0.1, 0.15) is 5.56 Å². The molecule has 29 heavy (non-hydrogen) atoms. The van der Waals surface area contributed by atoms with E-state index >= 15 is 0 Å². The van der Waals surface area contributed by atoms with Gasteiger partial charge in [0.15, 0.2) is 0 Å². The molecule has 0 aliphatic heterocycles. The summed E-state index contributed by atoms with van der Waals surface area (Å²) >= 11 is 0. The highest BCUT2D eigenvalue weighted by atomic mass is 14.2. The van der Waals surface area contributed by atoms with E-state index in [4.69, 9.17) is 0 Å². The minimum atomic E-state index is 1.26. The minimum absolute atomic E-state index is 1.26. The molecule has 0 spiro atoms. The molecule has 0 aromatic heterocycles. The lowest BCUT2D eigenvalue weighted by atomic mass is 9.88. The molecule has 0 nitrogen and oxygen atoms in total. The molecule has 0 N–H and O–H groups in total. The van der Waals surface area contributed by atoms with E-state index in [1.807, 2.05) is 0 Å². The molecule has 0 bridgehead atoms. The molecule has 0 aliphatic rings. The fourth-order valence-electron chi connectivity index (χ4n) is 4.72. The Morgan fingerprint density at radius 3 is 1.90 bits per heavy atom. The minimum Gasteiger partial charge on any atom is -0.0622 e. The second kappa shape index (κ2) is 6.18. The molecule has 6 aromatic carbocycles. The van der Waals surface area contributed by atoms with E-state index in [0.717, 1.165) is 0 Å². The second-order valence-electron chi connectivity index (χ2n) is 7.92. The predicted molar refractivity (Wildman–Crippen MR) is 126 cm³/mol. The van der Waals surface area contributed by atoms with Crippen molar-refractivity contribution in [3.8, 4) is 22.3 Å². The molecular formula is C29H20. The maximum absolute atomic E-state index is 2.33. The van der Waals surface area contributed by atoms with E-state index in [9.17, 15) is 0 Å². The van der Waals surface area contributed by atoms with Gasteiger partial charge < -0.3 is 0 Å². The van der Waals surface area contributed by atoms with E-state index < -0.39 is 0 Å². The molecular weight excluding hydrogens is 348 g/mol. The molecule has 0 saturated carbocycles. The number of aryl methyl sites for hydroxylation is 1. The van der Waals surface area contributed by atoms with Crippen molar-refractivity contribution < 1.29 is 0 Å². The summed E-state index contributed by atoms with van der Waals surface area (Å²) in [6, 6.07) is 37.7. The summed E-state index contributed by atoms with van der Waals surface area (Å²) < 4.78 is 0. The predicted octanol–water partition coefficient (Wildman–Crippen LogP) is 8.23. The van der Waals surface area contributed by atoms with E-state index in [2.05, 4.69) is 110 Å². The number of hydrogen-bond donors (Lipinski definition) is 0. The van der Waals surface area contributed by atoms with E-state index in [-0.39, 0.29) is 0 Å². The SMILES string of the molecule is Cc1cc(-c2ccccc2)cc(-c2ccc3ccc4cccc5ccc2c3c45)c1. The summed E-state index contributed by atoms with van der Waals surface area (Å²) in [4.78, 5) is 0. The number of benzene rings is 6. The monoisotopic (exact) mass is 368 g/mol. The lowest BCUT2D eigenvalue weighted by Gasteiger charge is -2.15. The molecule has 0 atom stereocenters. The van der Waals surface area contributed by atoms with Crippen LogP contribution in [0.4, 0.5) is 0 Å². The first kappa shape index (κ1) is 16.3. The molecule has 6 aromatic rings. The highest BCUT2D eigenvalue weighted by Crippen LogP contribution is 2.40. The Kier molecular flexibility index (Phi) is 3.48. The number of hydrogen-bond acceptors (Lipinski definition) is 0. The van der Waals surface area contributed by atoms with Crippen LogP contribution >= 0.6 is 0 Å². The maximum Gasteiger partial charge on any atom is -0.00206 e. The highest BCUT2D eigenvalue weighted by molar-refractivity contribution is 6.25. The first-order valence-electron chi connectivity index (χ1n) is 10.1. The van der Waals surface area contributed by atoms with Crippen LogP contribution in [0.15, 0.2) is 103 Å². The average molecular weight is 368 g/mol. The van der Waals surface area contributed by atoms with E-state index in [0.29, 0.717) is 0 Å². The first-order valence-corrected chi connectivity index (χ1v) is 10.1. The van der Waals surface area contributed by atoms with Crippen LogP contribution < -0.4 is 0 Å². The van der Waals surface area contributed by atoms with Gasteiger partial charge >= 0.3 is 0 Å². The number of rotatable bonds is 2. The van der Waals surface area contributed by atoms with Gasteiger partial charge in [0.2, 0.25) is 0 Å². The Labute approximate surface area is 170 Å². The summed E-state index contributed by atoms with van der Waals surface area (Å²) in [5, 5.41) is 8.01. The van der Waals surface area contributed by atoms with Crippen molar-refractivity contribution in [1.29, 1.82) is 0 Å². The molecule has 0 saturated heterocycles. The highest BCUT2D eigenvalue weighted by Gasteiger charge is 2.12. The van der Waals surface area contributed by atoms with Crippen LogP contribution in [-0.2, 0) is 0 Å². The summed E-state index contributed by atoms with van der Waals surface area (Å²) in [6.45, 7) is 2.19. The fraction of sp³-hybridized carbons (Fsp3) is 0.0345. The van der Waals surface area contributed by atoms with Crippen molar-refractivity contribution in [2.45, 2.75) is 6.92 Å². The van der Waals surface area contributed by atoms with Gasteiger partial charge in [-0.15, -0.1) is 0 Å². The van der Waals surface area contributed by atoms with Crippen molar-refractivity contribution in [2.24, 2.45) is 0 Å². The standard InChI is InChI=1S/C29H20/c1-19-16-24(20-6-3-2-4-7-20)18-25(17-19)26-14-12-23-11-10-21-8-5-9-22-13-15-27(26)29(23)28(21)22/h2-18H,1H3. The summed E-state index contributed by atoms with van der Waals surface area (Å²) in [7, 11) is 0. The van der Waals surface area contributed by atoms with Gasteiger partial charge in [-0.1, -0.05) is 97.1 Å². The molecule has 0 amide bonds. The van der Waals surface area contributed by atoms with Gasteiger partial charge in [0.1, 0.15) is 0 Å². The van der Waals surface area contributed by atoms with Crippen molar-refractivity contribution in [3.63, 3.8) is 0 Å². The molecule has 0 fully saturated rings. The zero-order valence-electron chi connectivity index (χ0n) is 16.3. The molecule has 0 heterocycles. The fourth-order valence-corrected chi connectivity index (χ4v) is 4.72. The largest absolute Gasteiger partial charge is 0.0622 e. The normalized spacial score (nSPS) is 11.6. The molecule has 0 heteroatoms. The summed E-state index contributed by atoms with van der Waals surface area (Å²) in [5.74, 6) is 0. The van der Waals surface area contributed by atoms with E-state index in [1.165, 1.54) is 60.1 Å². The van der Waals surface area contributed by atoms with E-state index in [1.54, 1.807) is 0 Å². The third kappa shape index (κ3) is 2.53. The molecule has 6 rings (SSSR count). The van der Waals surface area contributed by atoms with Crippen LogP contribution in [0.2, 0.25) is 0 Å². The van der Waals surface area contributed by atoms with Crippen LogP contribution in [0.5, 0.6) is 0 Å². The zero-order chi connectivity index (χ0) is 19.4. The smallest absolute Gasteiger partial charge is 0.00206 e. The Hall–Kier alpha value is -3.64. The van der Waals surface area contributed by atoms with Crippen molar-refractivity contribution in [1.82, 2.24) is 0 Å². The van der Waals surface area contributed by atoms with Gasteiger partial charge in [0.25, 0.3) is 0 Å². The van der Waals surface area contributed by atoms with Crippen molar-refractivity contribution in [3.05, 3.63) is 109 Å². The average Bonchev–Trinajstić information content (AvgIpc) is 2.77. The summed E-state index contributed by atoms with van der Waals surface area (Å²) in [6.07, 6.45) is 0.